The number of halogens is 1. The number of hydrogen-bond donors (Lipinski definition) is 0. The Labute approximate surface area is 178 Å². The zero-order valence-corrected chi connectivity index (χ0v) is 17.5. The van der Waals surface area contributed by atoms with Crippen LogP contribution in [0.2, 0.25) is 0 Å². The highest BCUT2D eigenvalue weighted by Crippen LogP contribution is 2.45. The second-order valence-corrected chi connectivity index (χ2v) is 8.54. The zero-order valence-electron chi connectivity index (χ0n) is 15.9. The van der Waals surface area contributed by atoms with Gasteiger partial charge in [-0.25, -0.2) is 0 Å². The predicted octanol–water partition coefficient (Wildman–Crippen LogP) is 6.13. The van der Waals surface area contributed by atoms with Crippen LogP contribution >= 0.6 is 15.9 Å². The molecular weight excluding hydrogens is 426 g/mol. The van der Waals surface area contributed by atoms with Crippen LogP contribution in [-0.2, 0) is 9.59 Å². The van der Waals surface area contributed by atoms with Crippen molar-refractivity contribution in [3.05, 3.63) is 88.0 Å². The van der Waals surface area contributed by atoms with Gasteiger partial charge in [0.25, 0.3) is 0 Å². The summed E-state index contributed by atoms with van der Waals surface area (Å²) in [6, 6.07) is 22.2. The molecule has 4 heteroatoms. The van der Waals surface area contributed by atoms with Gasteiger partial charge in [0.1, 0.15) is 0 Å². The molecule has 2 aliphatic rings. The number of allylic oxidation sites excluding steroid dienone is 2. The quantitative estimate of drug-likeness (QED) is 0.475. The number of anilines is 1. The van der Waals surface area contributed by atoms with Crippen LogP contribution in [0, 0.1) is 0 Å². The molecule has 0 bridgehead atoms. The number of amides is 1. The Morgan fingerprint density at radius 1 is 0.862 bits per heavy atom. The minimum Gasteiger partial charge on any atom is -0.294 e. The van der Waals surface area contributed by atoms with Crippen LogP contribution in [0.3, 0.4) is 0 Å². The van der Waals surface area contributed by atoms with Gasteiger partial charge in [0.05, 0.1) is 5.69 Å². The first-order valence-corrected chi connectivity index (χ1v) is 10.8. The number of Topliss-reactive ketones (excluding diaryl/α,β-unsaturated/α-hetero) is 1. The molecule has 3 aromatic rings. The van der Waals surface area contributed by atoms with Crippen molar-refractivity contribution in [2.75, 3.05) is 4.90 Å². The van der Waals surface area contributed by atoms with Gasteiger partial charge in [-0.1, -0.05) is 54.6 Å². The number of carbonyl (C=O) groups excluding carboxylic acids is 2. The molecule has 1 aliphatic carbocycles. The number of carbonyl (C=O) groups is 2. The van der Waals surface area contributed by atoms with Crippen molar-refractivity contribution in [1.29, 1.82) is 0 Å². The molecule has 1 amide bonds. The molecule has 144 valence electrons. The number of fused-ring (bicyclic) bond motifs is 1. The van der Waals surface area contributed by atoms with Gasteiger partial charge < -0.3 is 0 Å². The van der Waals surface area contributed by atoms with E-state index in [1.807, 2.05) is 36.4 Å². The number of para-hydroxylation sites is 1. The lowest BCUT2D eigenvalue weighted by atomic mass is 9.77. The number of benzene rings is 3. The van der Waals surface area contributed by atoms with Crippen molar-refractivity contribution in [3.8, 4) is 0 Å². The first-order valence-electron chi connectivity index (χ1n) is 9.96. The van der Waals surface area contributed by atoms with Crippen molar-refractivity contribution >= 4 is 44.1 Å². The fraction of sp³-hybridized carbons (Fsp3) is 0.200. The molecule has 1 heterocycles. The molecule has 1 aliphatic heterocycles. The molecular formula is C25H20BrNO2. The van der Waals surface area contributed by atoms with Crippen LogP contribution in [0.25, 0.3) is 10.8 Å². The maximum atomic E-state index is 13.3. The largest absolute Gasteiger partial charge is 0.294 e. The van der Waals surface area contributed by atoms with Gasteiger partial charge in [-0.15, -0.1) is 0 Å². The first-order chi connectivity index (χ1) is 14.1. The van der Waals surface area contributed by atoms with Crippen molar-refractivity contribution < 1.29 is 9.59 Å². The van der Waals surface area contributed by atoms with Gasteiger partial charge in [0, 0.05) is 34.5 Å². The number of rotatable bonds is 2. The van der Waals surface area contributed by atoms with Crippen LogP contribution < -0.4 is 4.90 Å². The first kappa shape index (κ1) is 18.3. The molecule has 0 saturated heterocycles. The molecule has 0 spiro atoms. The minimum atomic E-state index is -0.173. The molecule has 0 aromatic heterocycles. The van der Waals surface area contributed by atoms with Gasteiger partial charge in [0.15, 0.2) is 5.78 Å². The summed E-state index contributed by atoms with van der Waals surface area (Å²) in [6.07, 6.45) is 2.40. The van der Waals surface area contributed by atoms with E-state index < -0.39 is 0 Å². The predicted molar refractivity (Wildman–Crippen MR) is 119 cm³/mol. The Bertz CT molecular complexity index is 1180. The van der Waals surface area contributed by atoms with Gasteiger partial charge in [0.2, 0.25) is 5.91 Å². The third kappa shape index (κ3) is 3.12. The Kier molecular flexibility index (Phi) is 4.59. The molecule has 1 unspecified atom stereocenters. The second kappa shape index (κ2) is 7.27. The Morgan fingerprint density at radius 3 is 2.45 bits per heavy atom. The fourth-order valence-corrected chi connectivity index (χ4v) is 5.08. The summed E-state index contributed by atoms with van der Waals surface area (Å²) in [5.74, 6) is 0.0473. The summed E-state index contributed by atoms with van der Waals surface area (Å²) >= 11 is 3.58. The average Bonchev–Trinajstić information content (AvgIpc) is 2.74. The number of nitrogens with zero attached hydrogens (tertiary/aromatic N) is 1. The van der Waals surface area contributed by atoms with E-state index in [-0.39, 0.29) is 17.6 Å². The van der Waals surface area contributed by atoms with Crippen molar-refractivity contribution in [1.82, 2.24) is 0 Å². The minimum absolute atomic E-state index is 0.0449. The summed E-state index contributed by atoms with van der Waals surface area (Å²) in [6.45, 7) is 0. The second-order valence-electron chi connectivity index (χ2n) is 7.68. The molecule has 3 aromatic carbocycles. The smallest absolute Gasteiger partial charge is 0.232 e. The zero-order chi connectivity index (χ0) is 20.0. The highest BCUT2D eigenvalue weighted by Gasteiger charge is 2.40. The van der Waals surface area contributed by atoms with E-state index in [9.17, 15) is 9.59 Å². The van der Waals surface area contributed by atoms with Gasteiger partial charge in [-0.05, 0) is 57.2 Å². The third-order valence-corrected chi connectivity index (χ3v) is 6.62. The number of hydrogen-bond acceptors (Lipinski definition) is 2. The SMILES string of the molecule is O=C1CCCC2=C1C(c1ccc3ccccc3c1)CC(=O)N2c1ccccc1Br. The van der Waals surface area contributed by atoms with E-state index in [0.717, 1.165) is 50.6 Å². The summed E-state index contributed by atoms with van der Waals surface area (Å²) in [5, 5.41) is 2.30. The van der Waals surface area contributed by atoms with Crippen LogP contribution in [0.1, 0.15) is 37.2 Å². The van der Waals surface area contributed by atoms with Crippen molar-refractivity contribution in [2.45, 2.75) is 31.6 Å². The monoisotopic (exact) mass is 445 g/mol. The summed E-state index contributed by atoms with van der Waals surface area (Å²) < 4.78 is 0.863. The lowest BCUT2D eigenvalue weighted by Gasteiger charge is -2.38. The molecule has 0 fully saturated rings. The molecule has 0 N–H and O–H groups in total. The Hall–Kier alpha value is -2.72. The normalized spacial score (nSPS) is 19.6. The standard InChI is InChI=1S/C25H20BrNO2/c26-20-8-3-4-9-21(20)27-22-10-5-11-23(28)25(22)19(15-24(27)29)18-13-12-16-6-1-2-7-17(16)14-18/h1-4,6-9,12-14,19H,5,10-11,15H2. The van der Waals surface area contributed by atoms with Gasteiger partial charge >= 0.3 is 0 Å². The maximum Gasteiger partial charge on any atom is 0.232 e. The van der Waals surface area contributed by atoms with E-state index >= 15 is 0 Å². The van der Waals surface area contributed by atoms with E-state index in [0.29, 0.717) is 12.8 Å². The van der Waals surface area contributed by atoms with Crippen LogP contribution in [0.15, 0.2) is 82.5 Å². The third-order valence-electron chi connectivity index (χ3n) is 5.94. The molecule has 1 atom stereocenters. The lowest BCUT2D eigenvalue weighted by molar-refractivity contribution is -0.119. The molecule has 0 radical (unpaired) electrons. The highest BCUT2D eigenvalue weighted by atomic mass is 79.9. The fourth-order valence-electron chi connectivity index (χ4n) is 4.61. The maximum absolute atomic E-state index is 13.3. The summed E-state index contributed by atoms with van der Waals surface area (Å²) in [7, 11) is 0. The van der Waals surface area contributed by atoms with Crippen LogP contribution in [0.4, 0.5) is 5.69 Å². The Balaban J connectivity index is 1.67. The molecule has 5 rings (SSSR count). The van der Waals surface area contributed by atoms with Gasteiger partial charge in [-0.2, -0.15) is 0 Å². The average molecular weight is 446 g/mol. The molecule has 3 nitrogen and oxygen atoms in total. The highest BCUT2D eigenvalue weighted by molar-refractivity contribution is 9.10. The molecule has 0 saturated carbocycles. The van der Waals surface area contributed by atoms with Crippen molar-refractivity contribution in [2.24, 2.45) is 0 Å². The van der Waals surface area contributed by atoms with E-state index in [2.05, 4.69) is 46.3 Å². The van der Waals surface area contributed by atoms with E-state index in [4.69, 9.17) is 0 Å². The molecule has 29 heavy (non-hydrogen) atoms. The van der Waals surface area contributed by atoms with E-state index in [1.54, 1.807) is 4.90 Å². The number of ketones is 1. The van der Waals surface area contributed by atoms with Gasteiger partial charge in [-0.3, -0.25) is 14.5 Å². The summed E-state index contributed by atoms with van der Waals surface area (Å²) in [4.78, 5) is 28.1. The van der Waals surface area contributed by atoms with Crippen LogP contribution in [0.5, 0.6) is 0 Å². The summed E-state index contributed by atoms with van der Waals surface area (Å²) in [5.41, 5.74) is 3.56. The van der Waals surface area contributed by atoms with Crippen LogP contribution in [-0.4, -0.2) is 11.7 Å². The Morgan fingerprint density at radius 2 is 1.62 bits per heavy atom. The lowest BCUT2D eigenvalue weighted by Crippen LogP contribution is -2.40. The van der Waals surface area contributed by atoms with Crippen molar-refractivity contribution in [3.63, 3.8) is 0 Å². The topological polar surface area (TPSA) is 37.4 Å². The van der Waals surface area contributed by atoms with E-state index in [1.165, 1.54) is 0 Å².